The summed E-state index contributed by atoms with van der Waals surface area (Å²) in [6, 6.07) is 6.71. The first-order valence-electron chi connectivity index (χ1n) is 9.68. The number of carbonyl (C=O) groups is 3. The standard InChI is InChI=1S/C21H31N3O3/c1-14(2)13-22-21(27)19(17-9-11-24(12-10-17)16(4)25)23-20(26)18-7-5-15(3)6-8-18/h5-8,14,17,19H,9-13H2,1-4H3,(H,22,27)(H,23,26). The molecule has 0 saturated carbocycles. The first-order valence-corrected chi connectivity index (χ1v) is 9.68. The molecule has 0 aliphatic carbocycles. The summed E-state index contributed by atoms with van der Waals surface area (Å²) in [6.07, 6.45) is 1.40. The highest BCUT2D eigenvalue weighted by Gasteiger charge is 2.33. The van der Waals surface area contributed by atoms with E-state index in [0.29, 0.717) is 44.0 Å². The summed E-state index contributed by atoms with van der Waals surface area (Å²) in [6.45, 7) is 9.40. The van der Waals surface area contributed by atoms with E-state index in [1.807, 2.05) is 32.9 Å². The van der Waals surface area contributed by atoms with Gasteiger partial charge in [-0.2, -0.15) is 0 Å². The minimum absolute atomic E-state index is 0.0159. The van der Waals surface area contributed by atoms with E-state index in [-0.39, 0.29) is 23.6 Å². The molecule has 6 heteroatoms. The number of hydrogen-bond acceptors (Lipinski definition) is 3. The van der Waals surface area contributed by atoms with E-state index >= 15 is 0 Å². The molecule has 6 nitrogen and oxygen atoms in total. The van der Waals surface area contributed by atoms with E-state index in [4.69, 9.17) is 0 Å². The normalized spacial score (nSPS) is 16.1. The first kappa shape index (κ1) is 20.9. The van der Waals surface area contributed by atoms with Crippen molar-refractivity contribution in [2.24, 2.45) is 11.8 Å². The fourth-order valence-electron chi connectivity index (χ4n) is 3.29. The number of rotatable bonds is 6. The van der Waals surface area contributed by atoms with E-state index in [2.05, 4.69) is 10.6 Å². The predicted molar refractivity (Wildman–Crippen MR) is 105 cm³/mol. The summed E-state index contributed by atoms with van der Waals surface area (Å²) in [4.78, 5) is 38.8. The van der Waals surface area contributed by atoms with Crippen molar-refractivity contribution in [2.75, 3.05) is 19.6 Å². The minimum Gasteiger partial charge on any atom is -0.354 e. The molecule has 1 atom stereocenters. The van der Waals surface area contributed by atoms with Crippen LogP contribution in [0.5, 0.6) is 0 Å². The SMILES string of the molecule is CC(=O)N1CCC(C(NC(=O)c2ccc(C)cc2)C(=O)NCC(C)C)CC1. The number of benzene rings is 1. The highest BCUT2D eigenvalue weighted by Crippen LogP contribution is 2.22. The Labute approximate surface area is 161 Å². The lowest BCUT2D eigenvalue weighted by molar-refractivity contribution is -0.130. The van der Waals surface area contributed by atoms with Gasteiger partial charge < -0.3 is 15.5 Å². The van der Waals surface area contributed by atoms with Crippen LogP contribution < -0.4 is 10.6 Å². The van der Waals surface area contributed by atoms with E-state index in [1.165, 1.54) is 0 Å². The number of aryl methyl sites for hydroxylation is 1. The molecule has 2 N–H and O–H groups in total. The van der Waals surface area contributed by atoms with Gasteiger partial charge >= 0.3 is 0 Å². The molecule has 148 valence electrons. The van der Waals surface area contributed by atoms with Crippen LogP contribution in [0.1, 0.15) is 49.5 Å². The van der Waals surface area contributed by atoms with Crippen molar-refractivity contribution in [3.63, 3.8) is 0 Å². The molecule has 0 bridgehead atoms. The molecule has 1 heterocycles. The quantitative estimate of drug-likeness (QED) is 0.802. The maximum Gasteiger partial charge on any atom is 0.251 e. The molecular formula is C21H31N3O3. The van der Waals surface area contributed by atoms with Gasteiger partial charge in [0.1, 0.15) is 6.04 Å². The molecule has 0 radical (unpaired) electrons. The van der Waals surface area contributed by atoms with Gasteiger partial charge in [-0.25, -0.2) is 0 Å². The Bertz CT molecular complexity index is 662. The van der Waals surface area contributed by atoms with E-state index < -0.39 is 6.04 Å². The van der Waals surface area contributed by atoms with Gasteiger partial charge in [-0.1, -0.05) is 31.5 Å². The Morgan fingerprint density at radius 2 is 1.70 bits per heavy atom. The molecule has 1 aliphatic rings. The molecule has 1 fully saturated rings. The summed E-state index contributed by atoms with van der Waals surface area (Å²) in [7, 11) is 0. The molecule has 1 saturated heterocycles. The summed E-state index contributed by atoms with van der Waals surface area (Å²) in [5.41, 5.74) is 1.62. The van der Waals surface area contributed by atoms with Gasteiger partial charge in [-0.05, 0) is 43.7 Å². The zero-order valence-electron chi connectivity index (χ0n) is 16.7. The minimum atomic E-state index is -0.591. The Kier molecular flexibility index (Phi) is 7.39. The number of likely N-dealkylation sites (tertiary alicyclic amines) is 1. The Balaban J connectivity index is 2.09. The van der Waals surface area contributed by atoms with Gasteiger partial charge in [0.05, 0.1) is 0 Å². The maximum absolute atomic E-state index is 12.8. The Morgan fingerprint density at radius 1 is 1.11 bits per heavy atom. The Hall–Kier alpha value is -2.37. The van der Waals surface area contributed by atoms with Gasteiger partial charge in [-0.15, -0.1) is 0 Å². The van der Waals surface area contributed by atoms with Gasteiger partial charge in [0.25, 0.3) is 5.91 Å². The van der Waals surface area contributed by atoms with Crippen molar-refractivity contribution in [3.05, 3.63) is 35.4 Å². The topological polar surface area (TPSA) is 78.5 Å². The number of amides is 3. The molecule has 1 aliphatic heterocycles. The third-order valence-corrected chi connectivity index (χ3v) is 5.02. The van der Waals surface area contributed by atoms with Crippen molar-refractivity contribution in [1.82, 2.24) is 15.5 Å². The zero-order valence-corrected chi connectivity index (χ0v) is 16.7. The summed E-state index contributed by atoms with van der Waals surface area (Å²) >= 11 is 0. The molecule has 0 aromatic heterocycles. The molecule has 1 aromatic rings. The second kappa shape index (κ2) is 9.53. The van der Waals surface area contributed by atoms with Crippen molar-refractivity contribution >= 4 is 17.7 Å². The van der Waals surface area contributed by atoms with Crippen LogP contribution in [0.4, 0.5) is 0 Å². The number of nitrogens with one attached hydrogen (secondary N) is 2. The Morgan fingerprint density at radius 3 is 2.22 bits per heavy atom. The number of nitrogens with zero attached hydrogens (tertiary/aromatic N) is 1. The molecule has 1 aromatic carbocycles. The lowest BCUT2D eigenvalue weighted by Crippen LogP contribution is -2.54. The van der Waals surface area contributed by atoms with Crippen LogP contribution in [0.2, 0.25) is 0 Å². The van der Waals surface area contributed by atoms with Crippen LogP contribution >= 0.6 is 0 Å². The largest absolute Gasteiger partial charge is 0.354 e. The molecule has 0 spiro atoms. The zero-order chi connectivity index (χ0) is 20.0. The number of piperidine rings is 1. The van der Waals surface area contributed by atoms with Gasteiger partial charge in [0, 0.05) is 32.1 Å². The van der Waals surface area contributed by atoms with Gasteiger partial charge in [0.2, 0.25) is 11.8 Å². The summed E-state index contributed by atoms with van der Waals surface area (Å²) < 4.78 is 0. The van der Waals surface area contributed by atoms with Crippen molar-refractivity contribution in [2.45, 2.75) is 46.6 Å². The van der Waals surface area contributed by atoms with Crippen LogP contribution in [0.3, 0.4) is 0 Å². The van der Waals surface area contributed by atoms with E-state index in [9.17, 15) is 14.4 Å². The predicted octanol–water partition coefficient (Wildman–Crippen LogP) is 2.12. The van der Waals surface area contributed by atoms with Crippen molar-refractivity contribution in [3.8, 4) is 0 Å². The fraction of sp³-hybridized carbons (Fsp3) is 0.571. The molecule has 3 amide bonds. The van der Waals surface area contributed by atoms with Crippen LogP contribution in [0.15, 0.2) is 24.3 Å². The van der Waals surface area contributed by atoms with Crippen LogP contribution in [0.25, 0.3) is 0 Å². The summed E-state index contributed by atoms with van der Waals surface area (Å²) in [5, 5.41) is 5.88. The highest BCUT2D eigenvalue weighted by molar-refractivity contribution is 5.97. The number of carbonyl (C=O) groups excluding carboxylic acids is 3. The second-order valence-corrected chi connectivity index (χ2v) is 7.80. The van der Waals surface area contributed by atoms with Crippen LogP contribution in [-0.2, 0) is 9.59 Å². The van der Waals surface area contributed by atoms with E-state index in [1.54, 1.807) is 24.0 Å². The molecular weight excluding hydrogens is 342 g/mol. The maximum atomic E-state index is 12.8. The monoisotopic (exact) mass is 373 g/mol. The molecule has 1 unspecified atom stereocenters. The smallest absolute Gasteiger partial charge is 0.251 e. The van der Waals surface area contributed by atoms with Crippen LogP contribution in [0, 0.1) is 18.8 Å². The average Bonchev–Trinajstić information content (AvgIpc) is 2.64. The number of hydrogen-bond donors (Lipinski definition) is 2. The highest BCUT2D eigenvalue weighted by atomic mass is 16.2. The van der Waals surface area contributed by atoms with Crippen LogP contribution in [-0.4, -0.2) is 48.3 Å². The molecule has 2 rings (SSSR count). The first-order chi connectivity index (χ1) is 12.8. The van der Waals surface area contributed by atoms with E-state index in [0.717, 1.165) is 5.56 Å². The van der Waals surface area contributed by atoms with Crippen molar-refractivity contribution < 1.29 is 14.4 Å². The lowest BCUT2D eigenvalue weighted by atomic mass is 9.88. The third-order valence-electron chi connectivity index (χ3n) is 5.02. The lowest BCUT2D eigenvalue weighted by Gasteiger charge is -2.35. The van der Waals surface area contributed by atoms with Gasteiger partial charge in [-0.3, -0.25) is 14.4 Å². The average molecular weight is 373 g/mol. The summed E-state index contributed by atoms with van der Waals surface area (Å²) in [5.74, 6) is 0.0150. The second-order valence-electron chi connectivity index (χ2n) is 7.80. The van der Waals surface area contributed by atoms with Crippen molar-refractivity contribution in [1.29, 1.82) is 0 Å². The fourth-order valence-corrected chi connectivity index (χ4v) is 3.29. The third kappa shape index (κ3) is 6.08. The molecule has 27 heavy (non-hydrogen) atoms. The van der Waals surface area contributed by atoms with Gasteiger partial charge in [0.15, 0.2) is 0 Å².